The minimum absolute atomic E-state index is 0.330. The molecule has 1 aromatic heterocycles. The molecule has 1 heterocycles. The Morgan fingerprint density at radius 1 is 1.42 bits per heavy atom. The van der Waals surface area contributed by atoms with Gasteiger partial charge in [0.1, 0.15) is 5.54 Å². The van der Waals surface area contributed by atoms with Crippen LogP contribution in [-0.2, 0) is 10.3 Å². The van der Waals surface area contributed by atoms with Gasteiger partial charge in [0, 0.05) is 12.0 Å². The molecule has 0 saturated heterocycles. The lowest BCUT2D eigenvalue weighted by Gasteiger charge is -2.18. The number of rotatable bonds is 5. The van der Waals surface area contributed by atoms with Crippen molar-refractivity contribution in [1.82, 2.24) is 10.1 Å². The van der Waals surface area contributed by atoms with Crippen molar-refractivity contribution >= 4 is 11.8 Å². The average molecular weight is 279 g/mol. The largest absolute Gasteiger partial charge is 0.382 e. The van der Waals surface area contributed by atoms with E-state index >= 15 is 0 Å². The lowest BCUT2D eigenvalue weighted by atomic mass is 10.1. The van der Waals surface area contributed by atoms with Gasteiger partial charge < -0.3 is 15.0 Å². The number of hydrogen-bond acceptors (Lipinski definition) is 6. The molecule has 0 fully saturated rings. The van der Waals surface area contributed by atoms with Crippen LogP contribution in [0.1, 0.15) is 12.7 Å². The summed E-state index contributed by atoms with van der Waals surface area (Å²) in [7, 11) is 1.59. The normalized spacial score (nSPS) is 14.3. The van der Waals surface area contributed by atoms with Crippen molar-refractivity contribution in [3.05, 3.63) is 30.1 Å². The minimum atomic E-state index is -0.759. The third-order valence-corrected chi connectivity index (χ3v) is 3.51. The Kier molecular flexibility index (Phi) is 4.24. The second-order valence-corrected chi connectivity index (χ2v) is 5.32. The molecule has 0 saturated carbocycles. The maximum Gasteiger partial charge on any atom is 0.259 e. The van der Waals surface area contributed by atoms with Crippen molar-refractivity contribution in [2.45, 2.75) is 17.4 Å². The predicted molar refractivity (Wildman–Crippen MR) is 74.9 cm³/mol. The summed E-state index contributed by atoms with van der Waals surface area (Å²) in [6.07, 6.45) is 2.01. The first-order valence-electron chi connectivity index (χ1n) is 5.84. The summed E-state index contributed by atoms with van der Waals surface area (Å²) >= 11 is 1.63. The van der Waals surface area contributed by atoms with E-state index in [1.807, 2.05) is 37.4 Å². The number of ether oxygens (including phenoxy) is 1. The molecule has 0 aliphatic rings. The fourth-order valence-electron chi connectivity index (χ4n) is 1.75. The number of nitrogens with zero attached hydrogens (tertiary/aromatic N) is 2. The van der Waals surface area contributed by atoms with Crippen LogP contribution in [0.5, 0.6) is 0 Å². The van der Waals surface area contributed by atoms with Gasteiger partial charge in [-0.2, -0.15) is 4.98 Å². The zero-order valence-corrected chi connectivity index (χ0v) is 12.0. The van der Waals surface area contributed by atoms with Crippen LogP contribution in [0.3, 0.4) is 0 Å². The summed E-state index contributed by atoms with van der Waals surface area (Å²) in [4.78, 5) is 5.47. The van der Waals surface area contributed by atoms with Gasteiger partial charge in [0.05, 0.1) is 12.2 Å². The van der Waals surface area contributed by atoms with Crippen molar-refractivity contribution in [3.8, 4) is 11.5 Å². The molecule has 0 bridgehead atoms. The molecule has 5 nitrogen and oxygen atoms in total. The molecule has 2 aromatic rings. The van der Waals surface area contributed by atoms with Crippen molar-refractivity contribution in [3.63, 3.8) is 0 Å². The van der Waals surface area contributed by atoms with E-state index in [-0.39, 0.29) is 0 Å². The number of hydrogen-bond donors (Lipinski definition) is 1. The Balaban J connectivity index is 2.36. The fraction of sp³-hybridized carbons (Fsp3) is 0.385. The zero-order valence-electron chi connectivity index (χ0n) is 11.2. The van der Waals surface area contributed by atoms with E-state index in [1.54, 1.807) is 18.9 Å². The Bertz CT molecular complexity index is 554. The molecular formula is C13H17N3O2S. The molecule has 0 aliphatic carbocycles. The van der Waals surface area contributed by atoms with Crippen molar-refractivity contribution in [1.29, 1.82) is 0 Å². The topological polar surface area (TPSA) is 74.2 Å². The highest BCUT2D eigenvalue weighted by Crippen LogP contribution is 2.29. The summed E-state index contributed by atoms with van der Waals surface area (Å²) < 4.78 is 10.4. The van der Waals surface area contributed by atoms with Crippen LogP contribution >= 0.6 is 11.8 Å². The van der Waals surface area contributed by atoms with Crippen LogP contribution in [0.4, 0.5) is 0 Å². The SMILES string of the molecule is COCC(C)(N)c1noc(-c2ccccc2SC)n1. The monoisotopic (exact) mass is 279 g/mol. The molecule has 19 heavy (non-hydrogen) atoms. The van der Waals surface area contributed by atoms with Gasteiger partial charge in [0.2, 0.25) is 0 Å². The number of nitrogens with two attached hydrogens (primary N) is 1. The molecule has 1 aromatic carbocycles. The van der Waals surface area contributed by atoms with Crippen LogP contribution in [0.25, 0.3) is 11.5 Å². The van der Waals surface area contributed by atoms with E-state index in [9.17, 15) is 0 Å². The van der Waals surface area contributed by atoms with E-state index in [2.05, 4.69) is 10.1 Å². The Morgan fingerprint density at radius 2 is 2.16 bits per heavy atom. The molecule has 2 N–H and O–H groups in total. The summed E-state index contributed by atoms with van der Waals surface area (Å²) in [6.45, 7) is 2.14. The first-order valence-corrected chi connectivity index (χ1v) is 7.06. The predicted octanol–water partition coefficient (Wildman–Crippen LogP) is 2.28. The van der Waals surface area contributed by atoms with E-state index < -0.39 is 5.54 Å². The second kappa shape index (κ2) is 5.73. The molecular weight excluding hydrogens is 262 g/mol. The second-order valence-electron chi connectivity index (χ2n) is 4.47. The Labute approximate surface area is 116 Å². The summed E-state index contributed by atoms with van der Waals surface area (Å²) in [5.41, 5.74) is 6.25. The zero-order chi connectivity index (χ0) is 13.9. The summed E-state index contributed by atoms with van der Waals surface area (Å²) in [6, 6.07) is 7.88. The van der Waals surface area contributed by atoms with Gasteiger partial charge in [0.15, 0.2) is 5.82 Å². The Morgan fingerprint density at radius 3 is 2.84 bits per heavy atom. The highest BCUT2D eigenvalue weighted by atomic mass is 32.2. The van der Waals surface area contributed by atoms with Crippen LogP contribution in [0.2, 0.25) is 0 Å². The van der Waals surface area contributed by atoms with Crippen LogP contribution in [0, 0.1) is 0 Å². The maximum absolute atomic E-state index is 6.10. The minimum Gasteiger partial charge on any atom is -0.382 e. The number of thioether (sulfide) groups is 1. The third kappa shape index (κ3) is 2.97. The van der Waals surface area contributed by atoms with E-state index in [0.717, 1.165) is 10.5 Å². The van der Waals surface area contributed by atoms with E-state index in [0.29, 0.717) is 18.3 Å². The van der Waals surface area contributed by atoms with Crippen LogP contribution < -0.4 is 5.73 Å². The fourth-order valence-corrected chi connectivity index (χ4v) is 2.34. The van der Waals surface area contributed by atoms with Crippen molar-refractivity contribution < 1.29 is 9.26 Å². The van der Waals surface area contributed by atoms with Gasteiger partial charge in [-0.05, 0) is 25.3 Å². The molecule has 0 spiro atoms. The van der Waals surface area contributed by atoms with E-state index in [1.165, 1.54) is 0 Å². The van der Waals surface area contributed by atoms with E-state index in [4.69, 9.17) is 15.0 Å². The molecule has 1 unspecified atom stereocenters. The maximum atomic E-state index is 6.10. The molecule has 1 atom stereocenters. The third-order valence-electron chi connectivity index (χ3n) is 2.72. The van der Waals surface area contributed by atoms with Crippen LogP contribution in [-0.4, -0.2) is 30.1 Å². The van der Waals surface area contributed by atoms with Crippen molar-refractivity contribution in [2.24, 2.45) is 5.73 Å². The quantitative estimate of drug-likeness (QED) is 0.846. The number of benzene rings is 1. The highest BCUT2D eigenvalue weighted by molar-refractivity contribution is 7.98. The van der Waals surface area contributed by atoms with Crippen LogP contribution in [0.15, 0.2) is 33.7 Å². The standard InChI is InChI=1S/C13H17N3O2S/c1-13(14,8-17-2)12-15-11(18-16-12)9-6-4-5-7-10(9)19-3/h4-7H,8,14H2,1-3H3. The molecule has 102 valence electrons. The number of methoxy groups -OCH3 is 1. The van der Waals surface area contributed by atoms with Crippen molar-refractivity contribution in [2.75, 3.05) is 20.0 Å². The molecule has 6 heteroatoms. The van der Waals surface area contributed by atoms with Gasteiger partial charge >= 0.3 is 0 Å². The lowest BCUT2D eigenvalue weighted by molar-refractivity contribution is 0.135. The molecule has 0 amide bonds. The van der Waals surface area contributed by atoms with Gasteiger partial charge in [-0.25, -0.2) is 0 Å². The first-order chi connectivity index (χ1) is 9.08. The average Bonchev–Trinajstić information content (AvgIpc) is 2.89. The summed E-state index contributed by atoms with van der Waals surface area (Å²) in [5.74, 6) is 0.924. The summed E-state index contributed by atoms with van der Waals surface area (Å²) in [5, 5.41) is 3.96. The first kappa shape index (κ1) is 14.0. The molecule has 0 radical (unpaired) electrons. The smallest absolute Gasteiger partial charge is 0.259 e. The van der Waals surface area contributed by atoms with Gasteiger partial charge in [-0.15, -0.1) is 11.8 Å². The van der Waals surface area contributed by atoms with Gasteiger partial charge in [0.25, 0.3) is 5.89 Å². The van der Waals surface area contributed by atoms with Gasteiger partial charge in [-0.3, -0.25) is 0 Å². The molecule has 0 aliphatic heterocycles. The number of aromatic nitrogens is 2. The highest BCUT2D eigenvalue weighted by Gasteiger charge is 2.28. The molecule has 2 rings (SSSR count). The van der Waals surface area contributed by atoms with Gasteiger partial charge in [-0.1, -0.05) is 17.3 Å². The Hall–Kier alpha value is -1.37. The lowest BCUT2D eigenvalue weighted by Crippen LogP contribution is -2.38.